The van der Waals surface area contributed by atoms with Gasteiger partial charge in [0.1, 0.15) is 0 Å². The minimum Gasteiger partial charge on any atom is -0.423 e. The highest BCUT2D eigenvalue weighted by Crippen LogP contribution is 2.17. The van der Waals surface area contributed by atoms with Gasteiger partial charge in [0.2, 0.25) is 0 Å². The van der Waals surface area contributed by atoms with Gasteiger partial charge in [-0.25, -0.2) is 0 Å². The van der Waals surface area contributed by atoms with Crippen LogP contribution in [0, 0.1) is 6.92 Å². The molecule has 0 spiro atoms. The molecule has 0 atom stereocenters. The van der Waals surface area contributed by atoms with Crippen LogP contribution >= 0.6 is 15.9 Å². The highest BCUT2D eigenvalue weighted by molar-refractivity contribution is 9.10. The molecule has 0 amide bonds. The van der Waals surface area contributed by atoms with Crippen molar-refractivity contribution in [1.29, 1.82) is 0 Å². The van der Waals surface area contributed by atoms with Crippen molar-refractivity contribution in [2.24, 2.45) is 0 Å². The second-order valence-electron chi connectivity index (χ2n) is 3.12. The Morgan fingerprint density at radius 1 is 1.43 bits per heavy atom. The first-order valence-electron chi connectivity index (χ1n) is 4.20. The first-order valence-corrected chi connectivity index (χ1v) is 4.99. The first-order chi connectivity index (χ1) is 6.56. The van der Waals surface area contributed by atoms with E-state index in [0.29, 0.717) is 12.1 Å². The Labute approximate surface area is 92.0 Å². The molecular formula is C9H12BBrO3. The maximum Gasteiger partial charge on any atom is 0.488 e. The average molecular weight is 259 g/mol. The molecule has 14 heavy (non-hydrogen) atoms. The molecule has 76 valence electrons. The topological polar surface area (TPSA) is 49.7 Å². The van der Waals surface area contributed by atoms with Gasteiger partial charge in [0, 0.05) is 11.6 Å². The minimum absolute atomic E-state index is 0.355. The molecule has 5 heteroatoms. The van der Waals surface area contributed by atoms with E-state index in [0.717, 1.165) is 15.6 Å². The number of rotatable bonds is 3. The summed E-state index contributed by atoms with van der Waals surface area (Å²) in [6, 6.07) is 3.66. The van der Waals surface area contributed by atoms with Crippen LogP contribution in [-0.4, -0.2) is 24.3 Å². The lowest BCUT2D eigenvalue weighted by Gasteiger charge is -2.11. The summed E-state index contributed by atoms with van der Waals surface area (Å²) in [5.41, 5.74) is 2.23. The zero-order chi connectivity index (χ0) is 10.7. The van der Waals surface area contributed by atoms with E-state index in [1.807, 2.05) is 13.0 Å². The van der Waals surface area contributed by atoms with E-state index in [1.165, 1.54) is 0 Å². The molecule has 0 bridgehead atoms. The van der Waals surface area contributed by atoms with E-state index < -0.39 is 7.12 Å². The fourth-order valence-electron chi connectivity index (χ4n) is 1.33. The largest absolute Gasteiger partial charge is 0.488 e. The lowest BCUT2D eigenvalue weighted by Crippen LogP contribution is -2.33. The van der Waals surface area contributed by atoms with Crippen molar-refractivity contribution in [1.82, 2.24) is 0 Å². The summed E-state index contributed by atoms with van der Waals surface area (Å²) in [4.78, 5) is 0. The smallest absolute Gasteiger partial charge is 0.423 e. The SMILES string of the molecule is COCc1c(Br)cc(C)cc1B(O)O. The third kappa shape index (κ3) is 2.57. The van der Waals surface area contributed by atoms with Crippen LogP contribution in [0.25, 0.3) is 0 Å². The summed E-state index contributed by atoms with van der Waals surface area (Å²) >= 11 is 3.37. The van der Waals surface area contributed by atoms with Crippen LogP contribution < -0.4 is 5.46 Å². The average Bonchev–Trinajstić information content (AvgIpc) is 2.09. The van der Waals surface area contributed by atoms with Crippen molar-refractivity contribution in [3.05, 3.63) is 27.7 Å². The van der Waals surface area contributed by atoms with E-state index in [1.54, 1.807) is 13.2 Å². The van der Waals surface area contributed by atoms with Crippen molar-refractivity contribution < 1.29 is 14.8 Å². The summed E-state index contributed by atoms with van der Waals surface area (Å²) in [6.45, 7) is 2.25. The number of methoxy groups -OCH3 is 1. The molecule has 0 aliphatic heterocycles. The van der Waals surface area contributed by atoms with E-state index in [9.17, 15) is 0 Å². The lowest BCUT2D eigenvalue weighted by atomic mass is 9.76. The van der Waals surface area contributed by atoms with Crippen molar-refractivity contribution in [2.45, 2.75) is 13.5 Å². The molecule has 0 fully saturated rings. The summed E-state index contributed by atoms with van der Waals surface area (Å²) in [7, 11) is 0.108. The quantitative estimate of drug-likeness (QED) is 0.781. The Kier molecular flexibility index (Phi) is 4.13. The molecule has 0 saturated carbocycles. The fourth-order valence-corrected chi connectivity index (χ4v) is 2.03. The van der Waals surface area contributed by atoms with Crippen molar-refractivity contribution in [2.75, 3.05) is 7.11 Å². The normalized spacial score (nSPS) is 10.4. The molecule has 0 aliphatic rings. The molecule has 1 aromatic rings. The van der Waals surface area contributed by atoms with Crippen LogP contribution in [0.1, 0.15) is 11.1 Å². The van der Waals surface area contributed by atoms with Gasteiger partial charge < -0.3 is 14.8 Å². The highest BCUT2D eigenvalue weighted by Gasteiger charge is 2.18. The predicted octanol–water partition coefficient (Wildman–Crippen LogP) is 0.584. The fraction of sp³-hybridized carbons (Fsp3) is 0.333. The Bertz CT molecular complexity index is 328. The number of halogens is 1. The third-order valence-electron chi connectivity index (χ3n) is 1.94. The van der Waals surface area contributed by atoms with Gasteiger partial charge in [-0.15, -0.1) is 0 Å². The van der Waals surface area contributed by atoms with Crippen LogP contribution in [0.2, 0.25) is 0 Å². The first kappa shape index (κ1) is 11.7. The van der Waals surface area contributed by atoms with Gasteiger partial charge in [-0.05, 0) is 24.0 Å². The minimum atomic E-state index is -1.46. The zero-order valence-corrected chi connectivity index (χ0v) is 9.71. The Morgan fingerprint density at radius 2 is 2.07 bits per heavy atom. The predicted molar refractivity (Wildman–Crippen MR) is 59.4 cm³/mol. The Morgan fingerprint density at radius 3 is 2.57 bits per heavy atom. The number of hydrogen-bond acceptors (Lipinski definition) is 3. The molecule has 3 nitrogen and oxygen atoms in total. The maximum atomic E-state index is 9.16. The van der Waals surface area contributed by atoms with Gasteiger partial charge >= 0.3 is 7.12 Å². The van der Waals surface area contributed by atoms with Crippen molar-refractivity contribution in [3.63, 3.8) is 0 Å². The van der Waals surface area contributed by atoms with Gasteiger partial charge in [0.05, 0.1) is 6.61 Å². The van der Waals surface area contributed by atoms with E-state index in [4.69, 9.17) is 14.8 Å². The van der Waals surface area contributed by atoms with Crippen LogP contribution in [0.15, 0.2) is 16.6 Å². The van der Waals surface area contributed by atoms with Gasteiger partial charge in [-0.1, -0.05) is 27.6 Å². The van der Waals surface area contributed by atoms with E-state index in [2.05, 4.69) is 15.9 Å². The van der Waals surface area contributed by atoms with Crippen LogP contribution in [-0.2, 0) is 11.3 Å². The van der Waals surface area contributed by atoms with Gasteiger partial charge in [0.25, 0.3) is 0 Å². The molecule has 2 N–H and O–H groups in total. The maximum absolute atomic E-state index is 9.16. The van der Waals surface area contributed by atoms with Gasteiger partial charge in [-0.3, -0.25) is 0 Å². The molecule has 0 aromatic heterocycles. The lowest BCUT2D eigenvalue weighted by molar-refractivity contribution is 0.185. The van der Waals surface area contributed by atoms with Gasteiger partial charge in [-0.2, -0.15) is 0 Å². The second kappa shape index (κ2) is 4.93. The van der Waals surface area contributed by atoms with Crippen LogP contribution in [0.5, 0.6) is 0 Å². The molecule has 0 heterocycles. The van der Waals surface area contributed by atoms with Crippen molar-refractivity contribution >= 4 is 28.5 Å². The Hall–Kier alpha value is -0.355. The standard InChI is InChI=1S/C9H12BBrO3/c1-6-3-8(10(12)13)7(5-14-2)9(11)4-6/h3-4,12-13H,5H2,1-2H3. The number of benzene rings is 1. The molecule has 0 aliphatic carbocycles. The Balaban J connectivity index is 3.21. The van der Waals surface area contributed by atoms with E-state index >= 15 is 0 Å². The summed E-state index contributed by atoms with van der Waals surface area (Å²) < 4.78 is 5.82. The molecule has 1 aromatic carbocycles. The van der Waals surface area contributed by atoms with Gasteiger partial charge in [0.15, 0.2) is 0 Å². The van der Waals surface area contributed by atoms with Crippen LogP contribution in [0.3, 0.4) is 0 Å². The van der Waals surface area contributed by atoms with E-state index in [-0.39, 0.29) is 0 Å². The number of ether oxygens (including phenoxy) is 1. The van der Waals surface area contributed by atoms with Crippen LogP contribution in [0.4, 0.5) is 0 Å². The molecule has 1 rings (SSSR count). The zero-order valence-electron chi connectivity index (χ0n) is 8.12. The highest BCUT2D eigenvalue weighted by atomic mass is 79.9. The summed E-state index contributed by atoms with van der Waals surface area (Å²) in [5.74, 6) is 0. The monoisotopic (exact) mass is 258 g/mol. The molecule has 0 radical (unpaired) electrons. The third-order valence-corrected chi connectivity index (χ3v) is 2.65. The summed E-state index contributed by atoms with van der Waals surface area (Å²) in [6.07, 6.45) is 0. The molecule has 0 unspecified atom stereocenters. The molecular weight excluding hydrogens is 247 g/mol. The summed E-state index contributed by atoms with van der Waals surface area (Å²) in [5, 5.41) is 18.3. The van der Waals surface area contributed by atoms with Crippen molar-refractivity contribution in [3.8, 4) is 0 Å². The second-order valence-corrected chi connectivity index (χ2v) is 3.98. The number of hydrogen-bond donors (Lipinski definition) is 2. The molecule has 0 saturated heterocycles. The number of aryl methyl sites for hydroxylation is 1.